The van der Waals surface area contributed by atoms with Crippen LogP contribution in [0, 0.1) is 6.92 Å². The minimum absolute atomic E-state index is 0.0171. The zero-order valence-corrected chi connectivity index (χ0v) is 19.0. The molecule has 162 valence electrons. The molecule has 0 saturated heterocycles. The van der Waals surface area contributed by atoms with E-state index in [4.69, 9.17) is 11.6 Å². The molecule has 0 aromatic heterocycles. The Kier molecular flexibility index (Phi) is 6.40. The highest BCUT2D eigenvalue weighted by molar-refractivity contribution is 7.92. The van der Waals surface area contributed by atoms with Gasteiger partial charge in [0.05, 0.1) is 25.4 Å². The minimum atomic E-state index is -3.95. The van der Waals surface area contributed by atoms with Crippen LogP contribution in [0.3, 0.4) is 0 Å². The number of carbonyl (C=O) groups is 1. The van der Waals surface area contributed by atoms with Gasteiger partial charge >= 0.3 is 0 Å². The van der Waals surface area contributed by atoms with Crippen LogP contribution in [0.25, 0.3) is 0 Å². The summed E-state index contributed by atoms with van der Waals surface area (Å²) in [5.74, 6) is -0.276. The van der Waals surface area contributed by atoms with Gasteiger partial charge in [0.15, 0.2) is 0 Å². The number of hydrogen-bond donors (Lipinski definition) is 2. The SMILES string of the molecule is CC(=O)Nc1ccc(S(=O)(=O)c2ccc(NS(=O)(=O)c3ccc(C)cc3)cc2Cl)cc1. The quantitative estimate of drug-likeness (QED) is 0.550. The normalized spacial score (nSPS) is 11.7. The van der Waals surface area contributed by atoms with E-state index in [9.17, 15) is 21.6 Å². The van der Waals surface area contributed by atoms with Crippen molar-refractivity contribution >= 4 is 48.7 Å². The van der Waals surface area contributed by atoms with Crippen molar-refractivity contribution in [1.82, 2.24) is 0 Å². The number of sulfonamides is 1. The Morgan fingerprint density at radius 3 is 1.90 bits per heavy atom. The van der Waals surface area contributed by atoms with Crippen LogP contribution in [0.1, 0.15) is 12.5 Å². The molecule has 0 radical (unpaired) electrons. The monoisotopic (exact) mass is 478 g/mol. The predicted molar refractivity (Wildman–Crippen MR) is 120 cm³/mol. The average molecular weight is 479 g/mol. The van der Waals surface area contributed by atoms with Gasteiger partial charge in [-0.1, -0.05) is 29.3 Å². The Bertz CT molecular complexity index is 1340. The van der Waals surface area contributed by atoms with E-state index in [-0.39, 0.29) is 31.3 Å². The van der Waals surface area contributed by atoms with E-state index in [0.717, 1.165) is 5.56 Å². The first-order chi connectivity index (χ1) is 14.5. The minimum Gasteiger partial charge on any atom is -0.326 e. The van der Waals surface area contributed by atoms with E-state index >= 15 is 0 Å². The van der Waals surface area contributed by atoms with Crippen molar-refractivity contribution in [2.24, 2.45) is 0 Å². The number of anilines is 2. The molecule has 0 saturated carbocycles. The second kappa shape index (κ2) is 8.70. The number of sulfone groups is 1. The lowest BCUT2D eigenvalue weighted by Gasteiger charge is -2.12. The third kappa shape index (κ3) is 5.25. The fourth-order valence-corrected chi connectivity index (χ4v) is 5.61. The number of rotatable bonds is 6. The summed E-state index contributed by atoms with van der Waals surface area (Å²) in [7, 11) is -7.81. The molecule has 0 aliphatic carbocycles. The molecule has 0 spiro atoms. The summed E-state index contributed by atoms with van der Waals surface area (Å²) in [4.78, 5) is 11.0. The molecular formula is C21H19ClN2O5S2. The Labute approximate surface area is 186 Å². The molecule has 0 aliphatic rings. The second-order valence-corrected chi connectivity index (χ2v) is 10.8. The molecule has 0 heterocycles. The molecule has 0 bridgehead atoms. The Balaban J connectivity index is 1.87. The van der Waals surface area contributed by atoms with Crippen LogP contribution in [0.15, 0.2) is 81.4 Å². The van der Waals surface area contributed by atoms with Gasteiger partial charge in [0, 0.05) is 12.6 Å². The molecule has 0 unspecified atom stereocenters. The van der Waals surface area contributed by atoms with Gasteiger partial charge in [-0.2, -0.15) is 0 Å². The first-order valence-electron chi connectivity index (χ1n) is 9.01. The molecule has 0 fully saturated rings. The van der Waals surface area contributed by atoms with Gasteiger partial charge in [0.25, 0.3) is 10.0 Å². The standard InChI is InChI=1S/C21H19ClN2O5S2/c1-14-3-8-19(9-4-14)31(28,29)24-17-7-12-21(20(22)13-17)30(26,27)18-10-5-16(6-11-18)23-15(2)25/h3-13,24H,1-2H3,(H,23,25). The maximum atomic E-state index is 12.9. The number of nitrogens with one attached hydrogen (secondary N) is 2. The summed E-state index contributed by atoms with van der Waals surface area (Å²) in [6.07, 6.45) is 0. The van der Waals surface area contributed by atoms with Crippen molar-refractivity contribution < 1.29 is 21.6 Å². The van der Waals surface area contributed by atoms with Crippen molar-refractivity contribution in [2.75, 3.05) is 10.0 Å². The summed E-state index contributed by atoms with van der Waals surface area (Å²) < 4.78 is 53.3. The van der Waals surface area contributed by atoms with Crippen LogP contribution < -0.4 is 10.0 Å². The van der Waals surface area contributed by atoms with Crippen molar-refractivity contribution in [3.63, 3.8) is 0 Å². The van der Waals surface area contributed by atoms with E-state index in [2.05, 4.69) is 10.0 Å². The van der Waals surface area contributed by atoms with Crippen molar-refractivity contribution in [3.05, 3.63) is 77.3 Å². The molecule has 0 atom stereocenters. The number of aryl methyl sites for hydroxylation is 1. The van der Waals surface area contributed by atoms with Crippen molar-refractivity contribution in [1.29, 1.82) is 0 Å². The van der Waals surface area contributed by atoms with Crippen LogP contribution in [0.5, 0.6) is 0 Å². The molecule has 1 amide bonds. The number of benzene rings is 3. The maximum Gasteiger partial charge on any atom is 0.261 e. The predicted octanol–water partition coefficient (Wildman–Crippen LogP) is 4.24. The summed E-state index contributed by atoms with van der Waals surface area (Å²) in [5.41, 5.74) is 1.51. The molecule has 0 aliphatic heterocycles. The van der Waals surface area contributed by atoms with Gasteiger partial charge < -0.3 is 5.32 Å². The summed E-state index contributed by atoms with van der Waals surface area (Å²) in [6, 6.07) is 15.7. The lowest BCUT2D eigenvalue weighted by Crippen LogP contribution is -2.13. The van der Waals surface area contributed by atoms with E-state index in [1.54, 1.807) is 12.1 Å². The maximum absolute atomic E-state index is 12.9. The molecule has 10 heteroatoms. The first kappa shape index (κ1) is 22.8. The third-order valence-electron chi connectivity index (χ3n) is 4.29. The van der Waals surface area contributed by atoms with Gasteiger partial charge in [-0.25, -0.2) is 16.8 Å². The summed E-state index contributed by atoms with van der Waals surface area (Å²) in [5, 5.41) is 2.43. The van der Waals surface area contributed by atoms with Crippen molar-refractivity contribution in [3.8, 4) is 0 Å². The fourth-order valence-electron chi connectivity index (χ4n) is 2.76. The zero-order valence-electron chi connectivity index (χ0n) is 16.6. The van der Waals surface area contributed by atoms with E-state index < -0.39 is 19.9 Å². The van der Waals surface area contributed by atoms with Crippen LogP contribution in [-0.4, -0.2) is 22.7 Å². The number of amides is 1. The summed E-state index contributed by atoms with van der Waals surface area (Å²) >= 11 is 6.19. The fraction of sp³-hybridized carbons (Fsp3) is 0.0952. The van der Waals surface area contributed by atoms with Crippen LogP contribution in [-0.2, 0) is 24.7 Å². The molecule has 3 aromatic rings. The Morgan fingerprint density at radius 1 is 0.806 bits per heavy atom. The van der Waals surface area contributed by atoms with Crippen molar-refractivity contribution in [2.45, 2.75) is 28.5 Å². The highest BCUT2D eigenvalue weighted by atomic mass is 35.5. The van der Waals surface area contributed by atoms with Gasteiger partial charge in [-0.3, -0.25) is 9.52 Å². The number of halogens is 1. The van der Waals surface area contributed by atoms with E-state index in [1.165, 1.54) is 61.5 Å². The lowest BCUT2D eigenvalue weighted by atomic mass is 10.2. The smallest absolute Gasteiger partial charge is 0.261 e. The average Bonchev–Trinajstić information content (AvgIpc) is 2.68. The number of carbonyl (C=O) groups excluding carboxylic acids is 1. The zero-order chi connectivity index (χ0) is 22.8. The topological polar surface area (TPSA) is 109 Å². The molecule has 3 rings (SSSR count). The molecule has 31 heavy (non-hydrogen) atoms. The molecular weight excluding hydrogens is 460 g/mol. The van der Waals surface area contributed by atoms with Gasteiger partial charge in [0.2, 0.25) is 15.7 Å². The van der Waals surface area contributed by atoms with Crippen LogP contribution in [0.4, 0.5) is 11.4 Å². The highest BCUT2D eigenvalue weighted by Crippen LogP contribution is 2.31. The lowest BCUT2D eigenvalue weighted by molar-refractivity contribution is -0.114. The third-order valence-corrected chi connectivity index (χ3v) is 7.94. The molecule has 7 nitrogen and oxygen atoms in total. The molecule has 2 N–H and O–H groups in total. The highest BCUT2D eigenvalue weighted by Gasteiger charge is 2.22. The van der Waals surface area contributed by atoms with E-state index in [0.29, 0.717) is 5.69 Å². The van der Waals surface area contributed by atoms with Gasteiger partial charge in [0.1, 0.15) is 0 Å². The van der Waals surface area contributed by atoms with Gasteiger partial charge in [-0.15, -0.1) is 0 Å². The largest absolute Gasteiger partial charge is 0.326 e. The Hall–Kier alpha value is -2.88. The van der Waals surface area contributed by atoms with Gasteiger partial charge in [-0.05, 0) is 61.5 Å². The van der Waals surface area contributed by atoms with Crippen LogP contribution in [0.2, 0.25) is 5.02 Å². The number of hydrogen-bond acceptors (Lipinski definition) is 5. The second-order valence-electron chi connectivity index (χ2n) is 6.77. The summed E-state index contributed by atoms with van der Waals surface area (Å²) in [6.45, 7) is 3.19. The first-order valence-corrected chi connectivity index (χ1v) is 12.4. The van der Waals surface area contributed by atoms with Crippen LogP contribution >= 0.6 is 11.6 Å². The van der Waals surface area contributed by atoms with E-state index in [1.807, 2.05) is 6.92 Å². The Morgan fingerprint density at radius 2 is 1.35 bits per heavy atom. The molecule has 3 aromatic carbocycles.